The van der Waals surface area contributed by atoms with E-state index in [1.54, 1.807) is 12.1 Å². The number of halogens is 2. The molecule has 0 radical (unpaired) electrons. The lowest BCUT2D eigenvalue weighted by Crippen LogP contribution is -1.90. The van der Waals surface area contributed by atoms with Crippen LogP contribution in [0, 0.1) is 0 Å². The van der Waals surface area contributed by atoms with Crippen LogP contribution in [0.1, 0.15) is 5.56 Å². The number of benzene rings is 2. The number of para-hydroxylation sites is 1. The Morgan fingerprint density at radius 2 is 2.14 bits per heavy atom. The molecule has 0 aliphatic rings. The number of hydrazone groups is 1. The molecule has 0 bridgehead atoms. The minimum Gasteiger partial charge on any atom is -0.506 e. The molecule has 0 saturated heterocycles. The Bertz CT molecular complexity index is 801. The van der Waals surface area contributed by atoms with Crippen LogP contribution in [0.4, 0.5) is 5.13 Å². The van der Waals surface area contributed by atoms with Crippen molar-refractivity contribution in [2.45, 2.75) is 0 Å². The first-order valence-electron chi connectivity index (χ1n) is 5.96. The number of hydrogen-bond donors (Lipinski definition) is 2. The number of thiazole rings is 1. The normalized spacial score (nSPS) is 11.3. The van der Waals surface area contributed by atoms with Crippen molar-refractivity contribution >= 4 is 60.4 Å². The van der Waals surface area contributed by atoms with E-state index in [0.29, 0.717) is 20.2 Å². The standard InChI is InChI=1S/C14H9BrClN3OS/c15-10-6-9(16)5-8(13(10)20)7-17-19-14-18-11-3-1-2-4-12(11)21-14/h1-7,20H,(H,18,19)/b17-7-. The highest BCUT2D eigenvalue weighted by Crippen LogP contribution is 2.30. The van der Waals surface area contributed by atoms with Crippen LogP contribution in [0.25, 0.3) is 10.2 Å². The van der Waals surface area contributed by atoms with Gasteiger partial charge >= 0.3 is 0 Å². The van der Waals surface area contributed by atoms with Gasteiger partial charge in [0, 0.05) is 10.6 Å². The quantitative estimate of drug-likeness (QED) is 0.502. The SMILES string of the molecule is Oc1c(Br)cc(Cl)cc1/C=N\Nc1nc2ccccc2s1. The number of rotatable bonds is 3. The van der Waals surface area contributed by atoms with E-state index in [0.717, 1.165) is 10.2 Å². The molecule has 0 unspecified atom stereocenters. The number of anilines is 1. The largest absolute Gasteiger partial charge is 0.506 e. The number of aromatic nitrogens is 1. The van der Waals surface area contributed by atoms with E-state index in [9.17, 15) is 5.11 Å². The molecule has 0 aliphatic heterocycles. The molecule has 0 fully saturated rings. The topological polar surface area (TPSA) is 57.5 Å². The number of aromatic hydroxyl groups is 1. The van der Waals surface area contributed by atoms with Crippen molar-refractivity contribution in [2.75, 3.05) is 5.43 Å². The van der Waals surface area contributed by atoms with Crippen molar-refractivity contribution < 1.29 is 5.11 Å². The van der Waals surface area contributed by atoms with Crippen molar-refractivity contribution in [2.24, 2.45) is 5.10 Å². The molecular weight excluding hydrogens is 374 g/mol. The van der Waals surface area contributed by atoms with Gasteiger partial charge in [-0.3, -0.25) is 5.43 Å². The Morgan fingerprint density at radius 1 is 1.33 bits per heavy atom. The lowest BCUT2D eigenvalue weighted by Gasteiger charge is -2.02. The number of hydrogen-bond acceptors (Lipinski definition) is 5. The van der Waals surface area contributed by atoms with Crippen molar-refractivity contribution in [3.8, 4) is 5.75 Å². The lowest BCUT2D eigenvalue weighted by molar-refractivity contribution is 0.471. The average molecular weight is 383 g/mol. The highest BCUT2D eigenvalue weighted by molar-refractivity contribution is 9.10. The molecule has 3 aromatic rings. The van der Waals surface area contributed by atoms with Crippen molar-refractivity contribution in [1.29, 1.82) is 0 Å². The molecule has 3 rings (SSSR count). The second kappa shape index (κ2) is 6.01. The molecule has 2 aromatic carbocycles. The fraction of sp³-hybridized carbons (Fsp3) is 0. The van der Waals surface area contributed by atoms with Crippen LogP contribution < -0.4 is 5.43 Å². The van der Waals surface area contributed by atoms with Crippen LogP contribution in [0.5, 0.6) is 5.75 Å². The molecule has 7 heteroatoms. The summed E-state index contributed by atoms with van der Waals surface area (Å²) in [7, 11) is 0. The summed E-state index contributed by atoms with van der Waals surface area (Å²) in [6.45, 7) is 0. The van der Waals surface area contributed by atoms with Gasteiger partial charge in [0.25, 0.3) is 0 Å². The summed E-state index contributed by atoms with van der Waals surface area (Å²) in [5.74, 6) is 0.0919. The molecule has 21 heavy (non-hydrogen) atoms. The molecule has 106 valence electrons. The lowest BCUT2D eigenvalue weighted by atomic mass is 10.2. The highest BCUT2D eigenvalue weighted by atomic mass is 79.9. The molecule has 0 atom stereocenters. The monoisotopic (exact) mass is 381 g/mol. The van der Waals surface area contributed by atoms with E-state index in [-0.39, 0.29) is 5.75 Å². The van der Waals surface area contributed by atoms with Gasteiger partial charge in [-0.05, 0) is 40.2 Å². The summed E-state index contributed by atoms with van der Waals surface area (Å²) < 4.78 is 1.61. The maximum Gasteiger partial charge on any atom is 0.204 e. The maximum atomic E-state index is 9.90. The Labute approximate surface area is 138 Å². The Hall–Kier alpha value is -1.63. The van der Waals surface area contributed by atoms with Crippen molar-refractivity contribution in [1.82, 2.24) is 4.98 Å². The predicted molar refractivity (Wildman–Crippen MR) is 91.7 cm³/mol. The van der Waals surface area contributed by atoms with E-state index >= 15 is 0 Å². The average Bonchev–Trinajstić information content (AvgIpc) is 2.86. The number of phenolic OH excluding ortho intramolecular Hbond substituents is 1. The molecule has 1 aromatic heterocycles. The summed E-state index contributed by atoms with van der Waals surface area (Å²) in [4.78, 5) is 4.40. The molecule has 0 aliphatic carbocycles. The zero-order chi connectivity index (χ0) is 14.8. The van der Waals surface area contributed by atoms with Gasteiger partial charge in [0.1, 0.15) is 5.75 Å². The van der Waals surface area contributed by atoms with E-state index in [1.807, 2.05) is 24.3 Å². The first-order valence-corrected chi connectivity index (χ1v) is 7.95. The smallest absolute Gasteiger partial charge is 0.204 e. The summed E-state index contributed by atoms with van der Waals surface area (Å²) in [6.07, 6.45) is 1.50. The predicted octanol–water partition coefficient (Wildman–Crippen LogP) is 4.86. The van der Waals surface area contributed by atoms with Crippen LogP contribution in [0.15, 0.2) is 46.0 Å². The minimum absolute atomic E-state index is 0.0919. The van der Waals surface area contributed by atoms with E-state index in [2.05, 4.69) is 31.4 Å². The van der Waals surface area contributed by atoms with Crippen molar-refractivity contribution in [3.05, 3.63) is 51.5 Å². The second-order valence-corrected chi connectivity index (χ2v) is 6.50. The Morgan fingerprint density at radius 3 is 2.95 bits per heavy atom. The van der Waals surface area contributed by atoms with Gasteiger partial charge in [0.05, 0.1) is 20.9 Å². The molecule has 0 amide bonds. The molecule has 2 N–H and O–H groups in total. The molecule has 0 saturated carbocycles. The summed E-state index contributed by atoms with van der Waals surface area (Å²) in [5, 5.41) is 15.2. The van der Waals surface area contributed by atoms with Gasteiger partial charge in [-0.1, -0.05) is 35.1 Å². The fourth-order valence-corrected chi connectivity index (χ4v) is 3.41. The Balaban J connectivity index is 1.81. The number of phenols is 1. The zero-order valence-electron chi connectivity index (χ0n) is 10.5. The van der Waals surface area contributed by atoms with Crippen LogP contribution in [0.2, 0.25) is 5.02 Å². The molecule has 4 nitrogen and oxygen atoms in total. The second-order valence-electron chi connectivity index (χ2n) is 4.18. The fourth-order valence-electron chi connectivity index (χ4n) is 1.76. The molecular formula is C14H9BrClN3OS. The first-order chi connectivity index (χ1) is 10.1. The van der Waals surface area contributed by atoms with E-state index in [4.69, 9.17) is 11.6 Å². The van der Waals surface area contributed by atoms with Crippen LogP contribution in [0.3, 0.4) is 0 Å². The third kappa shape index (κ3) is 3.18. The number of nitrogens with one attached hydrogen (secondary N) is 1. The minimum atomic E-state index is 0.0919. The highest BCUT2D eigenvalue weighted by Gasteiger charge is 2.06. The first kappa shape index (κ1) is 14.3. The van der Waals surface area contributed by atoms with Gasteiger partial charge in [-0.2, -0.15) is 5.10 Å². The van der Waals surface area contributed by atoms with Crippen molar-refractivity contribution in [3.63, 3.8) is 0 Å². The summed E-state index contributed by atoms with van der Waals surface area (Å²) in [5.41, 5.74) is 4.30. The van der Waals surface area contributed by atoms with Gasteiger partial charge in [-0.15, -0.1) is 0 Å². The molecule has 1 heterocycles. The van der Waals surface area contributed by atoms with Crippen LogP contribution >= 0.6 is 38.9 Å². The summed E-state index contributed by atoms with van der Waals surface area (Å²) >= 11 is 10.7. The van der Waals surface area contributed by atoms with Gasteiger partial charge in [0.15, 0.2) is 0 Å². The van der Waals surface area contributed by atoms with E-state index in [1.165, 1.54) is 17.6 Å². The third-order valence-electron chi connectivity index (χ3n) is 2.72. The van der Waals surface area contributed by atoms with Crippen LogP contribution in [-0.2, 0) is 0 Å². The van der Waals surface area contributed by atoms with Gasteiger partial charge in [-0.25, -0.2) is 4.98 Å². The molecule has 0 spiro atoms. The van der Waals surface area contributed by atoms with Crippen LogP contribution in [-0.4, -0.2) is 16.3 Å². The number of fused-ring (bicyclic) bond motifs is 1. The maximum absolute atomic E-state index is 9.90. The number of nitrogens with zero attached hydrogens (tertiary/aromatic N) is 2. The summed E-state index contributed by atoms with van der Waals surface area (Å²) in [6, 6.07) is 11.1. The third-order valence-corrected chi connectivity index (χ3v) is 4.48. The zero-order valence-corrected chi connectivity index (χ0v) is 13.7. The van der Waals surface area contributed by atoms with Gasteiger partial charge in [0.2, 0.25) is 5.13 Å². The van der Waals surface area contributed by atoms with Gasteiger partial charge < -0.3 is 5.11 Å². The Kier molecular flexibility index (Phi) is 4.10. The van der Waals surface area contributed by atoms with E-state index < -0.39 is 0 Å².